The van der Waals surface area contributed by atoms with Gasteiger partial charge in [0, 0.05) is 6.54 Å². The van der Waals surface area contributed by atoms with E-state index >= 15 is 0 Å². The van der Waals surface area contributed by atoms with Gasteiger partial charge in [0.1, 0.15) is 10.7 Å². The molecule has 0 aromatic heterocycles. The van der Waals surface area contributed by atoms with Crippen LogP contribution in [0.3, 0.4) is 0 Å². The van der Waals surface area contributed by atoms with Crippen molar-refractivity contribution in [3.8, 4) is 0 Å². The zero-order chi connectivity index (χ0) is 14.0. The van der Waals surface area contributed by atoms with Gasteiger partial charge in [0.15, 0.2) is 5.82 Å². The van der Waals surface area contributed by atoms with Gasteiger partial charge in [0.25, 0.3) is 0 Å². The average molecular weight is 291 g/mol. The number of hydrogen-bond acceptors (Lipinski definition) is 3. The second-order valence-electron chi connectivity index (χ2n) is 4.64. The van der Waals surface area contributed by atoms with Crippen LogP contribution in [0.1, 0.15) is 24.8 Å². The number of aliphatic hydroxyl groups excluding tert-OH is 1. The Kier molecular flexibility index (Phi) is 4.17. The Morgan fingerprint density at radius 2 is 2.00 bits per heavy atom. The van der Waals surface area contributed by atoms with E-state index in [0.29, 0.717) is 0 Å². The smallest absolute Gasteiger partial charge is 0.243 e. The summed E-state index contributed by atoms with van der Waals surface area (Å²) in [5.74, 6) is -1.91. The second kappa shape index (κ2) is 5.52. The molecule has 2 N–H and O–H groups in total. The first-order valence-electron chi connectivity index (χ1n) is 6.03. The summed E-state index contributed by atoms with van der Waals surface area (Å²) in [6.45, 7) is -0.628. The van der Waals surface area contributed by atoms with Gasteiger partial charge in [-0.1, -0.05) is 6.42 Å². The molecule has 0 bridgehead atoms. The van der Waals surface area contributed by atoms with Crippen LogP contribution in [0.5, 0.6) is 0 Å². The molecule has 0 saturated heterocycles. The van der Waals surface area contributed by atoms with E-state index in [2.05, 4.69) is 4.72 Å². The minimum absolute atomic E-state index is 0.258. The topological polar surface area (TPSA) is 66.4 Å². The van der Waals surface area contributed by atoms with Gasteiger partial charge in [0.05, 0.1) is 12.2 Å². The summed E-state index contributed by atoms with van der Waals surface area (Å²) in [7, 11) is -4.01. The normalized spacial score (nSPS) is 16.4. The first kappa shape index (κ1) is 14.4. The van der Waals surface area contributed by atoms with Crippen molar-refractivity contribution in [2.75, 3.05) is 6.54 Å². The zero-order valence-corrected chi connectivity index (χ0v) is 11.0. The fraction of sp³-hybridized carbons (Fsp3) is 0.500. The molecule has 1 saturated carbocycles. The molecule has 0 heterocycles. The highest BCUT2D eigenvalue weighted by Crippen LogP contribution is 2.26. The molecule has 4 nitrogen and oxygen atoms in total. The van der Waals surface area contributed by atoms with Crippen LogP contribution in [-0.2, 0) is 16.6 Å². The summed E-state index contributed by atoms with van der Waals surface area (Å²) in [6.07, 6.45) is 2.98. The first-order valence-corrected chi connectivity index (χ1v) is 7.51. The summed E-state index contributed by atoms with van der Waals surface area (Å²) >= 11 is 0. The molecular formula is C12H15F2NO3S. The molecule has 1 aromatic rings. The quantitative estimate of drug-likeness (QED) is 0.864. The van der Waals surface area contributed by atoms with Gasteiger partial charge >= 0.3 is 0 Å². The van der Waals surface area contributed by atoms with E-state index in [1.807, 2.05) is 0 Å². The van der Waals surface area contributed by atoms with Crippen molar-refractivity contribution in [2.24, 2.45) is 5.92 Å². The van der Waals surface area contributed by atoms with Gasteiger partial charge in [-0.3, -0.25) is 0 Å². The summed E-state index contributed by atoms with van der Waals surface area (Å²) < 4.78 is 53.2. The van der Waals surface area contributed by atoms with Crippen molar-refractivity contribution in [2.45, 2.75) is 30.8 Å². The number of aliphatic hydroxyl groups is 1. The lowest BCUT2D eigenvalue weighted by atomic mass is 9.86. The van der Waals surface area contributed by atoms with Crippen molar-refractivity contribution < 1.29 is 22.3 Å². The van der Waals surface area contributed by atoms with E-state index in [-0.39, 0.29) is 12.5 Å². The molecule has 0 unspecified atom stereocenters. The van der Waals surface area contributed by atoms with Gasteiger partial charge in [-0.2, -0.15) is 0 Å². The molecule has 0 spiro atoms. The highest BCUT2D eigenvalue weighted by molar-refractivity contribution is 7.89. The highest BCUT2D eigenvalue weighted by Gasteiger charge is 2.25. The summed E-state index contributed by atoms with van der Waals surface area (Å²) in [5, 5.41) is 8.86. The summed E-state index contributed by atoms with van der Waals surface area (Å²) in [5.41, 5.74) is -0.633. The van der Waals surface area contributed by atoms with Gasteiger partial charge in [-0.15, -0.1) is 0 Å². The van der Waals surface area contributed by atoms with E-state index in [1.54, 1.807) is 0 Å². The average Bonchev–Trinajstić information content (AvgIpc) is 2.26. The molecule has 0 atom stereocenters. The van der Waals surface area contributed by atoms with Gasteiger partial charge in [-0.05, 0) is 30.9 Å². The molecule has 1 aromatic carbocycles. The van der Waals surface area contributed by atoms with Crippen LogP contribution in [-0.4, -0.2) is 20.1 Å². The van der Waals surface area contributed by atoms with E-state index < -0.39 is 38.7 Å². The molecular weight excluding hydrogens is 276 g/mol. The summed E-state index contributed by atoms with van der Waals surface area (Å²) in [4.78, 5) is -0.628. The van der Waals surface area contributed by atoms with Gasteiger partial charge in [-0.25, -0.2) is 21.9 Å². The Hall–Kier alpha value is -1.05. The summed E-state index contributed by atoms with van der Waals surface area (Å²) in [6, 6.07) is 1.71. The van der Waals surface area contributed by atoms with Gasteiger partial charge < -0.3 is 5.11 Å². The minimum Gasteiger partial charge on any atom is -0.391 e. The Morgan fingerprint density at radius 1 is 1.32 bits per heavy atom. The lowest BCUT2D eigenvalue weighted by Crippen LogP contribution is -2.32. The lowest BCUT2D eigenvalue weighted by molar-refractivity contribution is 0.267. The second-order valence-corrected chi connectivity index (χ2v) is 6.38. The van der Waals surface area contributed by atoms with E-state index in [0.717, 1.165) is 31.4 Å². The maximum absolute atomic E-state index is 13.8. The Balaban J connectivity index is 2.24. The molecule has 1 aliphatic rings. The third-order valence-corrected chi connectivity index (χ3v) is 4.83. The van der Waals surface area contributed by atoms with Crippen molar-refractivity contribution in [1.82, 2.24) is 4.72 Å². The number of nitrogens with one attached hydrogen (secondary N) is 1. The largest absolute Gasteiger partial charge is 0.391 e. The molecule has 0 aliphatic heterocycles. The van der Waals surface area contributed by atoms with Crippen LogP contribution in [0.4, 0.5) is 8.78 Å². The monoisotopic (exact) mass is 291 g/mol. The molecule has 0 radical (unpaired) electrons. The molecule has 2 rings (SSSR count). The van der Waals surface area contributed by atoms with Crippen molar-refractivity contribution in [3.05, 3.63) is 29.3 Å². The molecule has 1 aliphatic carbocycles. The van der Waals surface area contributed by atoms with Crippen LogP contribution >= 0.6 is 0 Å². The van der Waals surface area contributed by atoms with E-state index in [1.165, 1.54) is 0 Å². The first-order chi connectivity index (χ1) is 8.95. The third-order valence-electron chi connectivity index (χ3n) is 3.39. The van der Waals surface area contributed by atoms with Crippen molar-refractivity contribution in [1.29, 1.82) is 0 Å². The Bertz CT molecular complexity index is 571. The fourth-order valence-electron chi connectivity index (χ4n) is 1.93. The number of hydrogen-bond donors (Lipinski definition) is 2. The van der Waals surface area contributed by atoms with Crippen LogP contribution < -0.4 is 4.72 Å². The Morgan fingerprint density at radius 3 is 2.53 bits per heavy atom. The van der Waals surface area contributed by atoms with Crippen LogP contribution in [0.2, 0.25) is 0 Å². The molecule has 7 heteroatoms. The van der Waals surface area contributed by atoms with Crippen LogP contribution in [0.25, 0.3) is 0 Å². The van der Waals surface area contributed by atoms with Crippen molar-refractivity contribution in [3.63, 3.8) is 0 Å². The number of benzene rings is 1. The number of sulfonamides is 1. The molecule has 1 fully saturated rings. The fourth-order valence-corrected chi connectivity index (χ4v) is 3.15. The standard InChI is InChI=1S/C12H15F2NO3S/c13-10-4-5-11(12(14)9(10)7-16)19(17,18)15-6-8-2-1-3-8/h4-5,8,15-16H,1-3,6-7H2. The zero-order valence-electron chi connectivity index (χ0n) is 10.2. The molecule has 19 heavy (non-hydrogen) atoms. The van der Waals surface area contributed by atoms with Gasteiger partial charge in [0.2, 0.25) is 10.0 Å². The SMILES string of the molecule is O=S(=O)(NCC1CCC1)c1ccc(F)c(CO)c1F. The molecule has 106 valence electrons. The predicted octanol–water partition coefficient (Wildman–Crippen LogP) is 1.54. The maximum Gasteiger partial charge on any atom is 0.243 e. The van der Waals surface area contributed by atoms with Crippen LogP contribution in [0, 0.1) is 17.6 Å². The Labute approximate surface area is 110 Å². The lowest BCUT2D eigenvalue weighted by Gasteiger charge is -2.25. The number of halogens is 2. The van der Waals surface area contributed by atoms with E-state index in [4.69, 9.17) is 5.11 Å². The highest BCUT2D eigenvalue weighted by atomic mass is 32.2. The maximum atomic E-state index is 13.8. The molecule has 0 amide bonds. The predicted molar refractivity (Wildman–Crippen MR) is 64.8 cm³/mol. The van der Waals surface area contributed by atoms with E-state index in [9.17, 15) is 17.2 Å². The van der Waals surface area contributed by atoms with Crippen LogP contribution in [0.15, 0.2) is 17.0 Å². The van der Waals surface area contributed by atoms with Crippen molar-refractivity contribution >= 4 is 10.0 Å². The minimum atomic E-state index is -4.01. The number of rotatable bonds is 5. The third kappa shape index (κ3) is 2.93.